The summed E-state index contributed by atoms with van der Waals surface area (Å²) in [4.78, 5) is 56.0. The molecule has 1 radical (unpaired) electrons. The molecule has 3 amide bonds. The molecule has 1 aromatic carbocycles. The normalized spacial score (nSPS) is 19.0. The molecule has 0 aliphatic carbocycles. The van der Waals surface area contributed by atoms with Crippen LogP contribution >= 0.6 is 0 Å². The van der Waals surface area contributed by atoms with Gasteiger partial charge in [-0.1, -0.05) is 64.4 Å². The van der Waals surface area contributed by atoms with E-state index in [1.54, 1.807) is 23.8 Å². The highest BCUT2D eigenvalue weighted by molar-refractivity contribution is 5.86. The number of esters is 1. The van der Waals surface area contributed by atoms with Crippen molar-refractivity contribution in [3.63, 3.8) is 0 Å². The zero-order valence-electron chi connectivity index (χ0n) is 27.6. The Kier molecular flexibility index (Phi) is 15.1. The Balaban J connectivity index is 2.20. The Morgan fingerprint density at radius 2 is 1.73 bits per heavy atom. The highest BCUT2D eigenvalue weighted by atomic mass is 16.5. The third-order valence-electron chi connectivity index (χ3n) is 8.78. The Morgan fingerprint density at radius 3 is 2.27 bits per heavy atom. The van der Waals surface area contributed by atoms with Crippen LogP contribution in [0.5, 0.6) is 0 Å². The summed E-state index contributed by atoms with van der Waals surface area (Å²) >= 11 is 0. The molecule has 1 aliphatic rings. The van der Waals surface area contributed by atoms with Crippen molar-refractivity contribution in [3.8, 4) is 0 Å². The van der Waals surface area contributed by atoms with Crippen LogP contribution in [0.3, 0.4) is 0 Å². The largest absolute Gasteiger partial charge is 0.462 e. The van der Waals surface area contributed by atoms with Crippen molar-refractivity contribution >= 4 is 23.9 Å². The van der Waals surface area contributed by atoms with Gasteiger partial charge in [0, 0.05) is 27.8 Å². The van der Waals surface area contributed by atoms with E-state index in [2.05, 4.69) is 17.2 Å². The molecule has 1 saturated heterocycles. The van der Waals surface area contributed by atoms with Crippen molar-refractivity contribution in [2.75, 3.05) is 27.8 Å². The van der Waals surface area contributed by atoms with Crippen LogP contribution in [0.1, 0.15) is 65.9 Å². The SMILES string of the molecule is [CH2]OC(=O)[C@H](C)[C@@H](OC)[C@@H]1CCCN1C(=O)C[C@@H](OC)[C@H]([C@@H](C)CC)N(C)C(=O)[C@@H](NC(=O)OCc1ccccc1)C(C)C. The van der Waals surface area contributed by atoms with E-state index in [0.717, 1.165) is 18.4 Å². The van der Waals surface area contributed by atoms with E-state index >= 15 is 0 Å². The first-order valence-corrected chi connectivity index (χ1v) is 15.5. The predicted octanol–water partition coefficient (Wildman–Crippen LogP) is 4.19. The molecule has 1 heterocycles. The van der Waals surface area contributed by atoms with E-state index in [-0.39, 0.29) is 42.7 Å². The second kappa shape index (κ2) is 17.9. The molecule has 11 nitrogen and oxygen atoms in total. The number of rotatable bonds is 16. The average molecular weight is 619 g/mol. The fraction of sp³-hybridized carbons (Fsp3) is 0.667. The first kappa shape index (κ1) is 37.0. The van der Waals surface area contributed by atoms with Gasteiger partial charge in [-0.3, -0.25) is 14.4 Å². The number of hydrogen-bond acceptors (Lipinski definition) is 8. The van der Waals surface area contributed by atoms with Crippen LogP contribution in [0.25, 0.3) is 0 Å². The average Bonchev–Trinajstić information content (AvgIpc) is 3.51. The Bertz CT molecular complexity index is 1070. The summed E-state index contributed by atoms with van der Waals surface area (Å²) in [5, 5.41) is 2.75. The Hall–Kier alpha value is -3.18. The van der Waals surface area contributed by atoms with Gasteiger partial charge < -0.3 is 34.1 Å². The summed E-state index contributed by atoms with van der Waals surface area (Å²) < 4.78 is 21.6. The maximum Gasteiger partial charge on any atom is 0.408 e. The molecule has 1 fully saturated rings. The molecule has 1 aromatic rings. The molecule has 247 valence electrons. The van der Waals surface area contributed by atoms with Crippen LogP contribution in [0.15, 0.2) is 30.3 Å². The third kappa shape index (κ3) is 9.66. The number of nitrogens with zero attached hydrogens (tertiary/aromatic N) is 2. The van der Waals surface area contributed by atoms with Crippen molar-refractivity contribution in [1.82, 2.24) is 15.1 Å². The van der Waals surface area contributed by atoms with Crippen molar-refractivity contribution < 1.29 is 38.1 Å². The van der Waals surface area contributed by atoms with Crippen LogP contribution in [-0.4, -0.2) is 91.8 Å². The van der Waals surface area contributed by atoms with Gasteiger partial charge in [-0.2, -0.15) is 0 Å². The number of hydrogen-bond donors (Lipinski definition) is 1. The highest BCUT2D eigenvalue weighted by Crippen LogP contribution is 2.29. The van der Waals surface area contributed by atoms with E-state index < -0.39 is 42.3 Å². The first-order chi connectivity index (χ1) is 20.9. The lowest BCUT2D eigenvalue weighted by Crippen LogP contribution is -2.57. The molecule has 0 bridgehead atoms. The van der Waals surface area contributed by atoms with Crippen LogP contribution in [-0.2, 0) is 39.9 Å². The number of carbonyl (C=O) groups excluding carboxylic acids is 4. The van der Waals surface area contributed by atoms with Gasteiger partial charge in [0.05, 0.1) is 36.6 Å². The van der Waals surface area contributed by atoms with E-state index in [0.29, 0.717) is 13.0 Å². The molecular formula is C33H52N3O8. The monoisotopic (exact) mass is 618 g/mol. The summed E-state index contributed by atoms with van der Waals surface area (Å²) in [5.74, 6) is -1.79. The zero-order valence-corrected chi connectivity index (χ0v) is 27.6. The fourth-order valence-corrected chi connectivity index (χ4v) is 6.05. The molecule has 2 rings (SSSR count). The maximum absolute atomic E-state index is 13.9. The number of likely N-dealkylation sites (tertiary alicyclic amines) is 1. The molecule has 1 N–H and O–H groups in total. The number of nitrogens with one attached hydrogen (secondary N) is 1. The lowest BCUT2D eigenvalue weighted by atomic mass is 9.89. The molecule has 1 aliphatic heterocycles. The maximum atomic E-state index is 13.9. The minimum absolute atomic E-state index is 0.0208. The molecule has 0 spiro atoms. The molecule has 44 heavy (non-hydrogen) atoms. The first-order valence-electron chi connectivity index (χ1n) is 15.5. The Morgan fingerprint density at radius 1 is 1.07 bits per heavy atom. The third-order valence-corrected chi connectivity index (χ3v) is 8.78. The summed E-state index contributed by atoms with van der Waals surface area (Å²) in [6, 6.07) is 7.70. The second-order valence-electron chi connectivity index (χ2n) is 12.0. The lowest BCUT2D eigenvalue weighted by Gasteiger charge is -2.40. The Labute approximate surface area is 262 Å². The predicted molar refractivity (Wildman–Crippen MR) is 166 cm³/mol. The number of alkyl carbamates (subject to hydrolysis) is 1. The molecular weight excluding hydrogens is 566 g/mol. The van der Waals surface area contributed by atoms with Gasteiger partial charge in [-0.15, -0.1) is 0 Å². The van der Waals surface area contributed by atoms with Gasteiger partial charge in [-0.05, 0) is 37.2 Å². The van der Waals surface area contributed by atoms with Gasteiger partial charge in [0.1, 0.15) is 19.8 Å². The summed E-state index contributed by atoms with van der Waals surface area (Å²) in [7, 11) is 7.97. The van der Waals surface area contributed by atoms with Gasteiger partial charge in [0.2, 0.25) is 11.8 Å². The number of carbonyl (C=O) groups is 4. The highest BCUT2D eigenvalue weighted by Gasteiger charge is 2.43. The van der Waals surface area contributed by atoms with Gasteiger partial charge in [0.25, 0.3) is 0 Å². The van der Waals surface area contributed by atoms with Crippen molar-refractivity contribution in [2.45, 2.75) is 97.2 Å². The fourth-order valence-electron chi connectivity index (χ4n) is 6.05. The van der Waals surface area contributed by atoms with Crippen LogP contribution < -0.4 is 5.32 Å². The molecule has 0 saturated carbocycles. The topological polar surface area (TPSA) is 124 Å². The van der Waals surface area contributed by atoms with Crippen molar-refractivity contribution in [3.05, 3.63) is 43.0 Å². The summed E-state index contributed by atoms with van der Waals surface area (Å²) in [6.45, 7) is 10.1. The number of likely N-dealkylation sites (N-methyl/N-ethyl adjacent to an activating group) is 1. The van der Waals surface area contributed by atoms with E-state index in [4.69, 9.17) is 14.2 Å². The van der Waals surface area contributed by atoms with E-state index in [9.17, 15) is 19.2 Å². The summed E-state index contributed by atoms with van der Waals surface area (Å²) in [5.41, 5.74) is 0.838. The number of benzene rings is 1. The van der Waals surface area contributed by atoms with Crippen molar-refractivity contribution in [1.29, 1.82) is 0 Å². The summed E-state index contributed by atoms with van der Waals surface area (Å²) in [6.07, 6.45) is 0.375. The number of methoxy groups -OCH3 is 2. The second-order valence-corrected chi connectivity index (χ2v) is 12.0. The van der Waals surface area contributed by atoms with Gasteiger partial charge in [-0.25, -0.2) is 4.79 Å². The molecule has 0 aromatic heterocycles. The lowest BCUT2D eigenvalue weighted by molar-refractivity contribution is -0.153. The van der Waals surface area contributed by atoms with Crippen molar-refractivity contribution in [2.24, 2.45) is 17.8 Å². The standard InChI is InChI=1S/C33H52N3O8/c1-10-22(4)29(35(6)31(38)28(21(2)3)34-33(40)44-20-24-15-12-11-13-16-24)26(41-7)19-27(37)36-18-14-17-25(36)30(42-8)23(5)32(39)43-9/h11-13,15-16,21-23,25-26,28-30H,9-10,14,17-20H2,1-8H3,(H,34,40)/t22-,23+,25-,26+,28-,29-,30+/m0/s1. The number of amides is 3. The number of ether oxygens (including phenoxy) is 4. The van der Waals surface area contributed by atoms with Gasteiger partial charge in [0.15, 0.2) is 0 Å². The minimum Gasteiger partial charge on any atom is -0.462 e. The molecule has 0 unspecified atom stereocenters. The zero-order chi connectivity index (χ0) is 33.0. The molecule has 7 atom stereocenters. The van der Waals surface area contributed by atoms with E-state index in [1.165, 1.54) is 14.2 Å². The smallest absolute Gasteiger partial charge is 0.408 e. The minimum atomic E-state index is -0.845. The van der Waals surface area contributed by atoms with Crippen LogP contribution in [0.4, 0.5) is 4.79 Å². The van der Waals surface area contributed by atoms with Crippen LogP contribution in [0, 0.1) is 24.9 Å². The molecule has 11 heteroatoms. The van der Waals surface area contributed by atoms with Crippen LogP contribution in [0.2, 0.25) is 0 Å². The van der Waals surface area contributed by atoms with E-state index in [1.807, 2.05) is 58.0 Å². The quantitative estimate of drug-likeness (QED) is 0.274. The van der Waals surface area contributed by atoms with Gasteiger partial charge >= 0.3 is 12.1 Å².